The number of rotatable bonds is 1. The minimum Gasteiger partial charge on any atom is -0.319 e. The molecule has 4 heteroatoms. The second-order valence-corrected chi connectivity index (χ2v) is 5.62. The molecule has 1 atom stereocenters. The van der Waals surface area contributed by atoms with E-state index in [4.69, 9.17) is 0 Å². The van der Waals surface area contributed by atoms with E-state index in [1.54, 1.807) is 0 Å². The molecule has 2 fully saturated rings. The molecule has 1 unspecified atom stereocenters. The van der Waals surface area contributed by atoms with Crippen LogP contribution in [0.2, 0.25) is 0 Å². The lowest BCUT2D eigenvalue weighted by atomic mass is 10.1. The minimum absolute atomic E-state index is 0.169. The van der Waals surface area contributed by atoms with Crippen LogP contribution in [-0.4, -0.2) is 43.2 Å². The van der Waals surface area contributed by atoms with Crippen molar-refractivity contribution in [1.29, 1.82) is 0 Å². The molecule has 2 saturated heterocycles. The number of piperazine rings is 1. The van der Waals surface area contributed by atoms with Crippen LogP contribution in [0.4, 0.5) is 10.5 Å². The third kappa shape index (κ3) is 2.32. The monoisotopic (exact) mass is 259 g/mol. The van der Waals surface area contributed by atoms with Crippen LogP contribution in [0.3, 0.4) is 0 Å². The van der Waals surface area contributed by atoms with E-state index < -0.39 is 0 Å². The largest absolute Gasteiger partial charge is 0.324 e. The fourth-order valence-corrected chi connectivity index (χ4v) is 3.15. The molecule has 0 aromatic heterocycles. The second kappa shape index (κ2) is 4.85. The van der Waals surface area contributed by atoms with Gasteiger partial charge in [0.25, 0.3) is 0 Å². The predicted molar refractivity (Wildman–Crippen MR) is 76.6 cm³/mol. The van der Waals surface area contributed by atoms with Crippen molar-refractivity contribution in [2.45, 2.75) is 26.3 Å². The summed E-state index contributed by atoms with van der Waals surface area (Å²) in [5.74, 6) is 0. The van der Waals surface area contributed by atoms with Gasteiger partial charge in [0.15, 0.2) is 0 Å². The van der Waals surface area contributed by atoms with Crippen molar-refractivity contribution in [1.82, 2.24) is 10.2 Å². The van der Waals surface area contributed by atoms with E-state index in [2.05, 4.69) is 37.4 Å². The maximum Gasteiger partial charge on any atom is 0.324 e. The Morgan fingerprint density at radius 3 is 2.63 bits per heavy atom. The van der Waals surface area contributed by atoms with Gasteiger partial charge in [-0.2, -0.15) is 0 Å². The third-order valence-corrected chi connectivity index (χ3v) is 4.03. The van der Waals surface area contributed by atoms with Gasteiger partial charge in [-0.05, 0) is 43.5 Å². The molecular formula is C15H21N3O. The van der Waals surface area contributed by atoms with Gasteiger partial charge < -0.3 is 10.2 Å². The number of fused-ring (bicyclic) bond motifs is 1. The van der Waals surface area contributed by atoms with Gasteiger partial charge in [-0.1, -0.05) is 6.07 Å². The molecule has 0 aliphatic carbocycles. The summed E-state index contributed by atoms with van der Waals surface area (Å²) in [6.07, 6.45) is 1.05. The number of nitrogens with one attached hydrogen (secondary N) is 1. The van der Waals surface area contributed by atoms with Crippen molar-refractivity contribution in [3.63, 3.8) is 0 Å². The Morgan fingerprint density at radius 2 is 1.89 bits per heavy atom. The van der Waals surface area contributed by atoms with E-state index in [1.807, 2.05) is 9.80 Å². The van der Waals surface area contributed by atoms with Gasteiger partial charge in [0.2, 0.25) is 0 Å². The van der Waals surface area contributed by atoms with E-state index in [-0.39, 0.29) is 6.03 Å². The maximum atomic E-state index is 12.6. The summed E-state index contributed by atoms with van der Waals surface area (Å²) >= 11 is 0. The Bertz CT molecular complexity index is 480. The number of urea groups is 1. The van der Waals surface area contributed by atoms with Gasteiger partial charge in [0.1, 0.15) is 0 Å². The van der Waals surface area contributed by atoms with Crippen molar-refractivity contribution in [3.05, 3.63) is 29.3 Å². The molecule has 0 radical (unpaired) electrons. The number of amides is 2. The summed E-state index contributed by atoms with van der Waals surface area (Å²) in [5, 5.41) is 3.36. The zero-order chi connectivity index (χ0) is 13.4. The Labute approximate surface area is 114 Å². The van der Waals surface area contributed by atoms with E-state index >= 15 is 0 Å². The van der Waals surface area contributed by atoms with Crippen LogP contribution in [0.25, 0.3) is 0 Å². The molecule has 1 aromatic carbocycles. The first-order valence-corrected chi connectivity index (χ1v) is 7.02. The molecule has 0 bridgehead atoms. The molecule has 1 aromatic rings. The lowest BCUT2D eigenvalue weighted by molar-refractivity contribution is 0.147. The molecule has 2 heterocycles. The minimum atomic E-state index is 0.169. The average Bonchev–Trinajstić information content (AvgIpc) is 2.38. The molecule has 0 saturated carbocycles. The van der Waals surface area contributed by atoms with Gasteiger partial charge in [-0.3, -0.25) is 4.90 Å². The third-order valence-electron chi connectivity index (χ3n) is 4.03. The molecule has 1 N–H and O–H groups in total. The Balaban J connectivity index is 1.87. The molecule has 3 rings (SSSR count). The van der Waals surface area contributed by atoms with Gasteiger partial charge in [0.05, 0.1) is 0 Å². The lowest BCUT2D eigenvalue weighted by Gasteiger charge is -2.44. The SMILES string of the molecule is Cc1cc(C)cc(N2CCC3CNCCN3C2=O)c1. The summed E-state index contributed by atoms with van der Waals surface area (Å²) < 4.78 is 0. The molecule has 2 aliphatic heterocycles. The smallest absolute Gasteiger partial charge is 0.319 e. The van der Waals surface area contributed by atoms with E-state index in [9.17, 15) is 4.79 Å². The standard InChI is InChI=1S/C15H21N3O/c1-11-7-12(2)9-14(8-11)17-5-3-13-10-16-4-6-18(13)15(17)19/h7-9,13,16H,3-6,10H2,1-2H3. The Morgan fingerprint density at radius 1 is 1.16 bits per heavy atom. The quantitative estimate of drug-likeness (QED) is 0.836. The van der Waals surface area contributed by atoms with Gasteiger partial charge in [0, 0.05) is 37.9 Å². The summed E-state index contributed by atoms with van der Waals surface area (Å²) in [7, 11) is 0. The summed E-state index contributed by atoms with van der Waals surface area (Å²) in [6.45, 7) is 7.65. The van der Waals surface area contributed by atoms with Crippen LogP contribution in [0, 0.1) is 13.8 Å². The van der Waals surface area contributed by atoms with Gasteiger partial charge in [-0.25, -0.2) is 4.79 Å². The molecule has 19 heavy (non-hydrogen) atoms. The zero-order valence-electron chi connectivity index (χ0n) is 11.6. The summed E-state index contributed by atoms with van der Waals surface area (Å²) in [5.41, 5.74) is 3.47. The highest BCUT2D eigenvalue weighted by atomic mass is 16.2. The van der Waals surface area contributed by atoms with Crippen molar-refractivity contribution in [2.75, 3.05) is 31.1 Å². The fourth-order valence-electron chi connectivity index (χ4n) is 3.15. The van der Waals surface area contributed by atoms with Crippen LogP contribution >= 0.6 is 0 Å². The molecule has 2 aliphatic rings. The Hall–Kier alpha value is -1.55. The number of anilines is 1. The van der Waals surface area contributed by atoms with Gasteiger partial charge in [-0.15, -0.1) is 0 Å². The fraction of sp³-hybridized carbons (Fsp3) is 0.533. The first-order valence-electron chi connectivity index (χ1n) is 7.02. The number of aryl methyl sites for hydroxylation is 2. The number of carbonyl (C=O) groups excluding carboxylic acids is 1. The van der Waals surface area contributed by atoms with Crippen molar-refractivity contribution >= 4 is 11.7 Å². The molecule has 2 amide bonds. The molecule has 0 spiro atoms. The molecule has 102 valence electrons. The molecule has 4 nitrogen and oxygen atoms in total. The van der Waals surface area contributed by atoms with E-state index in [0.29, 0.717) is 6.04 Å². The normalized spacial score (nSPS) is 23.5. The van der Waals surface area contributed by atoms with E-state index in [1.165, 1.54) is 11.1 Å². The Kier molecular flexibility index (Phi) is 3.19. The number of benzene rings is 1. The van der Waals surface area contributed by atoms with Crippen LogP contribution in [-0.2, 0) is 0 Å². The van der Waals surface area contributed by atoms with Crippen LogP contribution in [0.1, 0.15) is 17.5 Å². The number of hydrogen-bond acceptors (Lipinski definition) is 2. The van der Waals surface area contributed by atoms with E-state index in [0.717, 1.165) is 38.3 Å². The van der Waals surface area contributed by atoms with Gasteiger partial charge >= 0.3 is 6.03 Å². The first kappa shape index (κ1) is 12.5. The average molecular weight is 259 g/mol. The number of carbonyl (C=O) groups is 1. The summed E-state index contributed by atoms with van der Waals surface area (Å²) in [4.78, 5) is 16.6. The number of hydrogen-bond donors (Lipinski definition) is 1. The topological polar surface area (TPSA) is 35.6 Å². The second-order valence-electron chi connectivity index (χ2n) is 5.62. The van der Waals surface area contributed by atoms with Crippen molar-refractivity contribution in [2.24, 2.45) is 0 Å². The van der Waals surface area contributed by atoms with Crippen molar-refractivity contribution in [3.8, 4) is 0 Å². The highest BCUT2D eigenvalue weighted by molar-refractivity contribution is 5.93. The van der Waals surface area contributed by atoms with Crippen LogP contribution in [0.15, 0.2) is 18.2 Å². The van der Waals surface area contributed by atoms with Crippen molar-refractivity contribution < 1.29 is 4.79 Å². The predicted octanol–water partition coefficient (Wildman–Crippen LogP) is 1.91. The summed E-state index contributed by atoms with van der Waals surface area (Å²) in [6, 6.07) is 6.90. The zero-order valence-corrected chi connectivity index (χ0v) is 11.6. The highest BCUT2D eigenvalue weighted by Crippen LogP contribution is 2.25. The highest BCUT2D eigenvalue weighted by Gasteiger charge is 2.35. The number of nitrogens with zero attached hydrogens (tertiary/aromatic N) is 2. The maximum absolute atomic E-state index is 12.6. The first-order chi connectivity index (χ1) is 9.15. The molecular weight excluding hydrogens is 238 g/mol. The van der Waals surface area contributed by atoms with Crippen LogP contribution < -0.4 is 10.2 Å². The lowest BCUT2D eigenvalue weighted by Crippen LogP contribution is -2.61. The van der Waals surface area contributed by atoms with Crippen LogP contribution in [0.5, 0.6) is 0 Å².